The summed E-state index contributed by atoms with van der Waals surface area (Å²) in [4.78, 5) is 12.0. The second kappa shape index (κ2) is 7.71. The van der Waals surface area contributed by atoms with Gasteiger partial charge in [0, 0.05) is 10.7 Å². The van der Waals surface area contributed by atoms with Crippen LogP contribution < -0.4 is 15.4 Å². The van der Waals surface area contributed by atoms with E-state index in [-0.39, 0.29) is 18.6 Å². The zero-order valence-corrected chi connectivity index (χ0v) is 13.4. The molecular formula is C17H19ClN2O2. The zero-order valence-electron chi connectivity index (χ0n) is 12.6. The Balaban J connectivity index is 1.93. The molecule has 2 N–H and O–H groups in total. The summed E-state index contributed by atoms with van der Waals surface area (Å²) in [5.41, 5.74) is 1.50. The SMILES string of the molecule is CC(C)Oc1ccccc1NC(=O)CNc1ccc(Cl)cc1. The fraction of sp³-hybridized carbons (Fsp3) is 0.235. The van der Waals surface area contributed by atoms with Gasteiger partial charge in [0.1, 0.15) is 5.75 Å². The number of amides is 1. The zero-order chi connectivity index (χ0) is 15.9. The lowest BCUT2D eigenvalue weighted by Gasteiger charge is -2.15. The van der Waals surface area contributed by atoms with Gasteiger partial charge in [-0.3, -0.25) is 4.79 Å². The number of hydrogen-bond donors (Lipinski definition) is 2. The largest absolute Gasteiger partial charge is 0.489 e. The van der Waals surface area contributed by atoms with E-state index in [1.165, 1.54) is 0 Å². The molecule has 1 amide bonds. The van der Waals surface area contributed by atoms with Crippen LogP contribution in [0.25, 0.3) is 0 Å². The van der Waals surface area contributed by atoms with E-state index in [1.807, 2.05) is 50.2 Å². The van der Waals surface area contributed by atoms with Crippen LogP contribution in [0, 0.1) is 0 Å². The van der Waals surface area contributed by atoms with Crippen LogP contribution in [0.3, 0.4) is 0 Å². The van der Waals surface area contributed by atoms with Crippen LogP contribution in [-0.2, 0) is 4.79 Å². The first-order valence-corrected chi connectivity index (χ1v) is 7.47. The van der Waals surface area contributed by atoms with E-state index in [0.29, 0.717) is 16.5 Å². The Labute approximate surface area is 135 Å². The molecule has 0 aromatic heterocycles. The van der Waals surface area contributed by atoms with Crippen molar-refractivity contribution in [2.75, 3.05) is 17.2 Å². The smallest absolute Gasteiger partial charge is 0.243 e. The number of hydrogen-bond acceptors (Lipinski definition) is 3. The van der Waals surface area contributed by atoms with Crippen LogP contribution in [0.4, 0.5) is 11.4 Å². The van der Waals surface area contributed by atoms with Crippen molar-refractivity contribution in [3.05, 3.63) is 53.6 Å². The number of para-hydroxylation sites is 2. The summed E-state index contributed by atoms with van der Waals surface area (Å²) in [6.45, 7) is 4.05. The summed E-state index contributed by atoms with van der Waals surface area (Å²) in [6, 6.07) is 14.6. The quantitative estimate of drug-likeness (QED) is 0.840. The number of anilines is 2. The molecule has 4 nitrogen and oxygen atoms in total. The van der Waals surface area contributed by atoms with E-state index >= 15 is 0 Å². The minimum Gasteiger partial charge on any atom is -0.489 e. The van der Waals surface area contributed by atoms with Gasteiger partial charge in [-0.05, 0) is 50.2 Å². The van der Waals surface area contributed by atoms with Gasteiger partial charge in [-0.2, -0.15) is 0 Å². The maximum atomic E-state index is 12.0. The van der Waals surface area contributed by atoms with Gasteiger partial charge in [0.05, 0.1) is 18.3 Å². The van der Waals surface area contributed by atoms with Crippen LogP contribution >= 0.6 is 11.6 Å². The van der Waals surface area contributed by atoms with Gasteiger partial charge < -0.3 is 15.4 Å². The lowest BCUT2D eigenvalue weighted by Crippen LogP contribution is -2.22. The molecule has 0 atom stereocenters. The third-order valence-corrected chi connectivity index (χ3v) is 3.07. The molecule has 0 aliphatic heterocycles. The predicted octanol–water partition coefficient (Wildman–Crippen LogP) is 4.18. The summed E-state index contributed by atoms with van der Waals surface area (Å²) >= 11 is 5.82. The van der Waals surface area contributed by atoms with Gasteiger partial charge in [0.15, 0.2) is 0 Å². The maximum absolute atomic E-state index is 12.0. The second-order valence-electron chi connectivity index (χ2n) is 5.07. The van der Waals surface area contributed by atoms with Crippen molar-refractivity contribution in [1.82, 2.24) is 0 Å². The first kappa shape index (κ1) is 16.2. The number of benzene rings is 2. The fourth-order valence-electron chi connectivity index (χ4n) is 1.87. The number of carbonyl (C=O) groups excluding carboxylic acids is 1. The van der Waals surface area contributed by atoms with Gasteiger partial charge in [0.2, 0.25) is 5.91 Å². The Kier molecular flexibility index (Phi) is 5.67. The highest BCUT2D eigenvalue weighted by Gasteiger charge is 2.08. The number of nitrogens with one attached hydrogen (secondary N) is 2. The van der Waals surface area contributed by atoms with Crippen molar-refractivity contribution in [3.8, 4) is 5.75 Å². The summed E-state index contributed by atoms with van der Waals surface area (Å²) in [6.07, 6.45) is 0.0465. The number of carbonyl (C=O) groups is 1. The maximum Gasteiger partial charge on any atom is 0.243 e. The lowest BCUT2D eigenvalue weighted by atomic mass is 10.2. The van der Waals surface area contributed by atoms with Crippen LogP contribution in [0.2, 0.25) is 5.02 Å². The molecule has 0 radical (unpaired) electrons. The average Bonchev–Trinajstić information content (AvgIpc) is 2.48. The minimum absolute atomic E-state index is 0.0465. The molecule has 2 rings (SSSR count). The number of halogens is 1. The van der Waals surface area contributed by atoms with Gasteiger partial charge in [-0.15, -0.1) is 0 Å². The first-order chi connectivity index (χ1) is 10.5. The van der Waals surface area contributed by atoms with Crippen LogP contribution in [0.1, 0.15) is 13.8 Å². The predicted molar refractivity (Wildman–Crippen MR) is 90.8 cm³/mol. The lowest BCUT2D eigenvalue weighted by molar-refractivity contribution is -0.114. The molecule has 22 heavy (non-hydrogen) atoms. The first-order valence-electron chi connectivity index (χ1n) is 7.09. The van der Waals surface area contributed by atoms with Crippen LogP contribution in [-0.4, -0.2) is 18.6 Å². The standard InChI is InChI=1S/C17H19ClN2O2/c1-12(2)22-16-6-4-3-5-15(16)20-17(21)11-19-14-9-7-13(18)8-10-14/h3-10,12,19H,11H2,1-2H3,(H,20,21). The Morgan fingerprint density at radius 3 is 2.50 bits per heavy atom. The third-order valence-electron chi connectivity index (χ3n) is 2.82. The molecule has 2 aromatic rings. The minimum atomic E-state index is -0.144. The molecule has 0 fully saturated rings. The molecule has 0 aliphatic carbocycles. The molecule has 2 aromatic carbocycles. The summed E-state index contributed by atoms with van der Waals surface area (Å²) in [5, 5.41) is 6.55. The van der Waals surface area contributed by atoms with Crippen molar-refractivity contribution in [1.29, 1.82) is 0 Å². The molecular weight excluding hydrogens is 300 g/mol. The van der Waals surface area contributed by atoms with Gasteiger partial charge in [-0.25, -0.2) is 0 Å². The molecule has 116 valence electrons. The van der Waals surface area contributed by atoms with Gasteiger partial charge in [-0.1, -0.05) is 23.7 Å². The Hall–Kier alpha value is -2.20. The van der Waals surface area contributed by atoms with E-state index in [2.05, 4.69) is 10.6 Å². The van der Waals surface area contributed by atoms with Crippen molar-refractivity contribution >= 4 is 28.9 Å². The van der Waals surface area contributed by atoms with E-state index in [0.717, 1.165) is 5.69 Å². The van der Waals surface area contributed by atoms with Crippen LogP contribution in [0.5, 0.6) is 5.75 Å². The Bertz CT molecular complexity index is 627. The molecule has 0 unspecified atom stereocenters. The van der Waals surface area contributed by atoms with Crippen molar-refractivity contribution in [3.63, 3.8) is 0 Å². The highest BCUT2D eigenvalue weighted by atomic mass is 35.5. The van der Waals surface area contributed by atoms with Gasteiger partial charge in [0.25, 0.3) is 0 Å². The molecule has 5 heteroatoms. The second-order valence-corrected chi connectivity index (χ2v) is 5.51. The summed E-state index contributed by atoms with van der Waals surface area (Å²) in [5.74, 6) is 0.520. The molecule has 0 saturated carbocycles. The van der Waals surface area contributed by atoms with Crippen molar-refractivity contribution in [2.24, 2.45) is 0 Å². The van der Waals surface area contributed by atoms with E-state index in [9.17, 15) is 4.79 Å². The Morgan fingerprint density at radius 2 is 1.82 bits per heavy atom. The van der Waals surface area contributed by atoms with E-state index < -0.39 is 0 Å². The number of ether oxygens (including phenoxy) is 1. The average molecular weight is 319 g/mol. The third kappa shape index (κ3) is 4.97. The van der Waals surface area contributed by atoms with E-state index in [1.54, 1.807) is 12.1 Å². The van der Waals surface area contributed by atoms with Gasteiger partial charge >= 0.3 is 0 Å². The summed E-state index contributed by atoms with van der Waals surface area (Å²) in [7, 11) is 0. The highest BCUT2D eigenvalue weighted by molar-refractivity contribution is 6.30. The normalized spacial score (nSPS) is 10.4. The van der Waals surface area contributed by atoms with Crippen molar-refractivity contribution < 1.29 is 9.53 Å². The Morgan fingerprint density at radius 1 is 1.14 bits per heavy atom. The molecule has 0 bridgehead atoms. The molecule has 0 aliphatic rings. The van der Waals surface area contributed by atoms with E-state index in [4.69, 9.17) is 16.3 Å². The molecule has 0 heterocycles. The van der Waals surface area contributed by atoms with Crippen LogP contribution in [0.15, 0.2) is 48.5 Å². The number of rotatable bonds is 6. The monoisotopic (exact) mass is 318 g/mol. The topological polar surface area (TPSA) is 50.4 Å². The molecule has 0 saturated heterocycles. The summed E-state index contributed by atoms with van der Waals surface area (Å²) < 4.78 is 5.67. The fourth-order valence-corrected chi connectivity index (χ4v) is 2.00. The highest BCUT2D eigenvalue weighted by Crippen LogP contribution is 2.24. The van der Waals surface area contributed by atoms with Crippen molar-refractivity contribution in [2.45, 2.75) is 20.0 Å². The molecule has 0 spiro atoms.